The SMILES string of the molecule is CCCC1=CCC(C)(C)C(C)C1. The van der Waals surface area contributed by atoms with E-state index in [0.717, 1.165) is 5.92 Å². The summed E-state index contributed by atoms with van der Waals surface area (Å²) >= 11 is 0. The summed E-state index contributed by atoms with van der Waals surface area (Å²) in [4.78, 5) is 0. The largest absolute Gasteiger partial charge is 0.0848 e. The van der Waals surface area contributed by atoms with Gasteiger partial charge in [-0.15, -0.1) is 0 Å². The molecule has 0 aromatic heterocycles. The minimum Gasteiger partial charge on any atom is -0.0848 e. The summed E-state index contributed by atoms with van der Waals surface area (Å²) in [5, 5.41) is 0. The molecule has 0 bridgehead atoms. The summed E-state index contributed by atoms with van der Waals surface area (Å²) in [6.45, 7) is 9.43. The first-order valence-electron chi connectivity index (χ1n) is 5.24. The molecule has 0 N–H and O–H groups in total. The molecule has 1 atom stereocenters. The van der Waals surface area contributed by atoms with Crippen molar-refractivity contribution in [2.24, 2.45) is 11.3 Å². The molecule has 1 aliphatic carbocycles. The van der Waals surface area contributed by atoms with Crippen molar-refractivity contribution in [1.29, 1.82) is 0 Å². The summed E-state index contributed by atoms with van der Waals surface area (Å²) in [5.41, 5.74) is 2.24. The van der Waals surface area contributed by atoms with E-state index in [4.69, 9.17) is 0 Å². The van der Waals surface area contributed by atoms with Crippen molar-refractivity contribution in [2.75, 3.05) is 0 Å². The zero-order valence-corrected chi connectivity index (χ0v) is 8.98. The second-order valence-electron chi connectivity index (χ2n) is 4.91. The number of hydrogen-bond donors (Lipinski definition) is 0. The summed E-state index contributed by atoms with van der Waals surface area (Å²) in [6, 6.07) is 0. The molecule has 1 rings (SSSR count). The van der Waals surface area contributed by atoms with Gasteiger partial charge in [-0.2, -0.15) is 0 Å². The third kappa shape index (κ3) is 2.12. The second kappa shape index (κ2) is 3.64. The van der Waals surface area contributed by atoms with Crippen LogP contribution in [0.15, 0.2) is 11.6 Å². The molecule has 0 saturated heterocycles. The van der Waals surface area contributed by atoms with Crippen molar-refractivity contribution in [3.63, 3.8) is 0 Å². The fraction of sp³-hybridized carbons (Fsp3) is 0.833. The van der Waals surface area contributed by atoms with Crippen molar-refractivity contribution in [3.8, 4) is 0 Å². The normalized spacial score (nSPS) is 28.3. The molecular weight excluding hydrogens is 144 g/mol. The highest BCUT2D eigenvalue weighted by Crippen LogP contribution is 2.40. The molecule has 12 heavy (non-hydrogen) atoms. The Hall–Kier alpha value is -0.260. The fourth-order valence-corrected chi connectivity index (χ4v) is 1.89. The van der Waals surface area contributed by atoms with Crippen molar-refractivity contribution < 1.29 is 0 Å². The highest BCUT2D eigenvalue weighted by molar-refractivity contribution is 5.10. The second-order valence-corrected chi connectivity index (χ2v) is 4.91. The molecule has 0 heterocycles. The summed E-state index contributed by atoms with van der Waals surface area (Å²) in [7, 11) is 0. The molecule has 0 heteroatoms. The molecule has 0 saturated carbocycles. The minimum atomic E-state index is 0.539. The average Bonchev–Trinajstić information content (AvgIpc) is 1.98. The first-order valence-corrected chi connectivity index (χ1v) is 5.24. The molecule has 0 nitrogen and oxygen atoms in total. The van der Waals surface area contributed by atoms with Crippen LogP contribution in [-0.2, 0) is 0 Å². The molecule has 0 fully saturated rings. The lowest BCUT2D eigenvalue weighted by Gasteiger charge is -2.35. The molecular formula is C12H22. The molecule has 0 spiro atoms. The molecule has 1 unspecified atom stereocenters. The van der Waals surface area contributed by atoms with Gasteiger partial charge in [-0.3, -0.25) is 0 Å². The minimum absolute atomic E-state index is 0.539. The Bertz CT molecular complexity index is 174. The van der Waals surface area contributed by atoms with E-state index in [1.165, 1.54) is 25.7 Å². The van der Waals surface area contributed by atoms with E-state index in [0.29, 0.717) is 5.41 Å². The van der Waals surface area contributed by atoms with Gasteiger partial charge in [0.25, 0.3) is 0 Å². The smallest absolute Gasteiger partial charge is 0.0289 e. The summed E-state index contributed by atoms with van der Waals surface area (Å²) in [5.74, 6) is 0.865. The van der Waals surface area contributed by atoms with Crippen LogP contribution in [0, 0.1) is 11.3 Å². The molecule has 0 radical (unpaired) electrons. The zero-order valence-electron chi connectivity index (χ0n) is 8.98. The zero-order chi connectivity index (χ0) is 9.19. The maximum absolute atomic E-state index is 2.48. The molecule has 1 aliphatic rings. The van der Waals surface area contributed by atoms with Crippen LogP contribution in [0.1, 0.15) is 53.4 Å². The monoisotopic (exact) mass is 166 g/mol. The first kappa shape index (κ1) is 9.83. The van der Waals surface area contributed by atoms with E-state index in [2.05, 4.69) is 33.8 Å². The van der Waals surface area contributed by atoms with Crippen LogP contribution in [-0.4, -0.2) is 0 Å². The van der Waals surface area contributed by atoms with Crippen LogP contribution in [0.25, 0.3) is 0 Å². The maximum Gasteiger partial charge on any atom is -0.0289 e. The predicted molar refractivity (Wildman–Crippen MR) is 55.2 cm³/mol. The van der Waals surface area contributed by atoms with Crippen LogP contribution < -0.4 is 0 Å². The van der Waals surface area contributed by atoms with Gasteiger partial charge in [-0.05, 0) is 30.6 Å². The van der Waals surface area contributed by atoms with E-state index in [1.54, 1.807) is 5.57 Å². The highest BCUT2D eigenvalue weighted by Gasteiger charge is 2.28. The van der Waals surface area contributed by atoms with Gasteiger partial charge < -0.3 is 0 Å². The first-order chi connectivity index (χ1) is 5.56. The van der Waals surface area contributed by atoms with E-state index in [1.807, 2.05) is 0 Å². The van der Waals surface area contributed by atoms with Gasteiger partial charge >= 0.3 is 0 Å². The summed E-state index contributed by atoms with van der Waals surface area (Å²) in [6.07, 6.45) is 7.72. The number of hydrogen-bond acceptors (Lipinski definition) is 0. The van der Waals surface area contributed by atoms with E-state index >= 15 is 0 Å². The van der Waals surface area contributed by atoms with E-state index in [-0.39, 0.29) is 0 Å². The summed E-state index contributed by atoms with van der Waals surface area (Å²) < 4.78 is 0. The van der Waals surface area contributed by atoms with Crippen molar-refractivity contribution >= 4 is 0 Å². The van der Waals surface area contributed by atoms with Gasteiger partial charge in [0.05, 0.1) is 0 Å². The van der Waals surface area contributed by atoms with Gasteiger partial charge in [0.1, 0.15) is 0 Å². The number of allylic oxidation sites excluding steroid dienone is 2. The average molecular weight is 166 g/mol. The lowest BCUT2D eigenvalue weighted by molar-refractivity contribution is 0.217. The quantitative estimate of drug-likeness (QED) is 0.540. The van der Waals surface area contributed by atoms with Crippen LogP contribution in [0.4, 0.5) is 0 Å². The standard InChI is InChI=1S/C12H22/c1-5-6-11-7-8-12(3,4)10(2)9-11/h7,10H,5-6,8-9H2,1-4H3. The van der Waals surface area contributed by atoms with E-state index in [9.17, 15) is 0 Å². The van der Waals surface area contributed by atoms with Crippen molar-refractivity contribution in [3.05, 3.63) is 11.6 Å². The van der Waals surface area contributed by atoms with Crippen LogP contribution in [0.2, 0.25) is 0 Å². The van der Waals surface area contributed by atoms with Crippen LogP contribution in [0.5, 0.6) is 0 Å². The topological polar surface area (TPSA) is 0 Å². The Morgan fingerprint density at radius 1 is 1.50 bits per heavy atom. The molecule has 70 valence electrons. The Morgan fingerprint density at radius 2 is 2.17 bits per heavy atom. The third-order valence-electron chi connectivity index (χ3n) is 3.39. The highest BCUT2D eigenvalue weighted by atomic mass is 14.3. The predicted octanol–water partition coefficient (Wildman–Crippen LogP) is 4.17. The van der Waals surface area contributed by atoms with Gasteiger partial charge in [0, 0.05) is 0 Å². The fourth-order valence-electron chi connectivity index (χ4n) is 1.89. The Labute approximate surface area is 77.1 Å². The molecule has 0 aromatic rings. The Balaban J connectivity index is 2.58. The van der Waals surface area contributed by atoms with Crippen LogP contribution >= 0.6 is 0 Å². The lowest BCUT2D eigenvalue weighted by Crippen LogP contribution is -2.24. The van der Waals surface area contributed by atoms with Gasteiger partial charge in [-0.1, -0.05) is 45.8 Å². The lowest BCUT2D eigenvalue weighted by atomic mass is 9.70. The van der Waals surface area contributed by atoms with Crippen molar-refractivity contribution in [1.82, 2.24) is 0 Å². The van der Waals surface area contributed by atoms with Gasteiger partial charge in [-0.25, -0.2) is 0 Å². The number of rotatable bonds is 2. The van der Waals surface area contributed by atoms with Crippen molar-refractivity contribution in [2.45, 2.75) is 53.4 Å². The van der Waals surface area contributed by atoms with E-state index < -0.39 is 0 Å². The van der Waals surface area contributed by atoms with Gasteiger partial charge in [0.2, 0.25) is 0 Å². The third-order valence-corrected chi connectivity index (χ3v) is 3.39. The molecule has 0 amide bonds. The van der Waals surface area contributed by atoms with Crippen LogP contribution in [0.3, 0.4) is 0 Å². The molecule has 0 aromatic carbocycles. The Morgan fingerprint density at radius 3 is 2.67 bits per heavy atom. The Kier molecular flexibility index (Phi) is 2.98. The maximum atomic E-state index is 2.48. The van der Waals surface area contributed by atoms with Gasteiger partial charge in [0.15, 0.2) is 0 Å². The molecule has 0 aliphatic heterocycles.